The molecule has 0 N–H and O–H groups in total. The molecule has 0 aliphatic carbocycles. The summed E-state index contributed by atoms with van der Waals surface area (Å²) < 4.78 is 0. The molecule has 0 bridgehead atoms. The van der Waals surface area contributed by atoms with E-state index in [9.17, 15) is 0 Å². The first-order valence-electron chi connectivity index (χ1n) is 23.3. The van der Waals surface area contributed by atoms with Crippen LogP contribution in [0, 0.1) is 13.8 Å². The highest BCUT2D eigenvalue weighted by Crippen LogP contribution is 2.42. The molecular formula is C64H54N2. The first-order valence-corrected chi connectivity index (χ1v) is 23.3. The smallest absolute Gasteiger partial charge is 0.0522 e. The van der Waals surface area contributed by atoms with Crippen molar-refractivity contribution in [3.8, 4) is 0 Å². The number of rotatable bonds is 12. The van der Waals surface area contributed by atoms with Crippen molar-refractivity contribution < 1.29 is 0 Å². The van der Waals surface area contributed by atoms with Gasteiger partial charge in [0.15, 0.2) is 0 Å². The number of para-hydroxylation sites is 2. The quantitative estimate of drug-likeness (QED) is 0.113. The van der Waals surface area contributed by atoms with Crippen LogP contribution in [0.25, 0.3) is 56.6 Å². The Balaban J connectivity index is 0.865. The Labute approximate surface area is 390 Å². The van der Waals surface area contributed by atoms with Crippen molar-refractivity contribution in [3.63, 3.8) is 0 Å². The third-order valence-electron chi connectivity index (χ3n) is 13.0. The third-order valence-corrected chi connectivity index (χ3v) is 13.0. The van der Waals surface area contributed by atoms with Gasteiger partial charge in [-0.25, -0.2) is 0 Å². The summed E-state index contributed by atoms with van der Waals surface area (Å²) >= 11 is 0. The Morgan fingerprint density at radius 1 is 0.303 bits per heavy atom. The van der Waals surface area contributed by atoms with Gasteiger partial charge in [0, 0.05) is 22.7 Å². The summed E-state index contributed by atoms with van der Waals surface area (Å²) in [6.45, 7) is 8.92. The molecule has 0 aromatic heterocycles. The summed E-state index contributed by atoms with van der Waals surface area (Å²) in [5, 5.41) is 7.41. The average molecular weight is 851 g/mol. The maximum absolute atomic E-state index is 2.42. The summed E-state index contributed by atoms with van der Waals surface area (Å²) in [6, 6.07) is 75.4. The Bertz CT molecular complexity index is 3180. The van der Waals surface area contributed by atoms with Crippen molar-refractivity contribution in [3.05, 3.63) is 251 Å². The highest BCUT2D eigenvalue weighted by Gasteiger charge is 2.20. The minimum Gasteiger partial charge on any atom is -0.310 e. The molecule has 0 spiro atoms. The number of anilines is 6. The molecule has 2 nitrogen and oxygen atoms in total. The second-order valence-corrected chi connectivity index (χ2v) is 17.3. The van der Waals surface area contributed by atoms with Gasteiger partial charge < -0.3 is 9.80 Å². The van der Waals surface area contributed by atoms with Crippen LogP contribution in [0.3, 0.4) is 0 Å². The lowest BCUT2D eigenvalue weighted by molar-refractivity contribution is 1.10. The SMILES string of the molecule is CCc1cccc(C)c1N(c1ccc(C=Cc2ccc3cc(C=Cc4ccc(N(c5ccc6ccccc6c5)c5c(C)cccc5CC)cc4)ccc3c2)cc1)c1ccc2ccccc2c1. The fourth-order valence-electron chi connectivity index (χ4n) is 9.44. The fourth-order valence-corrected chi connectivity index (χ4v) is 9.44. The largest absolute Gasteiger partial charge is 0.310 e. The van der Waals surface area contributed by atoms with E-state index in [1.165, 1.54) is 77.1 Å². The summed E-state index contributed by atoms with van der Waals surface area (Å²) in [5.74, 6) is 0. The zero-order valence-electron chi connectivity index (χ0n) is 38.2. The molecule has 0 amide bonds. The molecule has 0 unspecified atom stereocenters. The molecule has 0 aliphatic heterocycles. The first kappa shape index (κ1) is 42.0. The van der Waals surface area contributed by atoms with E-state index in [1.807, 2.05) is 0 Å². The Morgan fingerprint density at radius 3 is 1.05 bits per heavy atom. The van der Waals surface area contributed by atoms with E-state index in [1.54, 1.807) is 0 Å². The number of hydrogen-bond acceptors (Lipinski definition) is 2. The molecule has 66 heavy (non-hydrogen) atoms. The zero-order valence-corrected chi connectivity index (χ0v) is 38.2. The molecule has 0 aliphatic rings. The lowest BCUT2D eigenvalue weighted by Gasteiger charge is -2.29. The van der Waals surface area contributed by atoms with Gasteiger partial charge in [0.2, 0.25) is 0 Å². The molecule has 0 saturated carbocycles. The van der Waals surface area contributed by atoms with Crippen LogP contribution in [0.2, 0.25) is 0 Å². The summed E-state index contributed by atoms with van der Waals surface area (Å²) in [7, 11) is 0. The number of benzene rings is 10. The van der Waals surface area contributed by atoms with E-state index >= 15 is 0 Å². The summed E-state index contributed by atoms with van der Waals surface area (Å²) in [5.41, 5.74) is 17.0. The monoisotopic (exact) mass is 850 g/mol. The topological polar surface area (TPSA) is 6.48 Å². The highest BCUT2D eigenvalue weighted by molar-refractivity contribution is 5.93. The molecule has 320 valence electrons. The van der Waals surface area contributed by atoms with Gasteiger partial charge >= 0.3 is 0 Å². The van der Waals surface area contributed by atoms with E-state index in [0.717, 1.165) is 46.7 Å². The molecule has 10 rings (SSSR count). The van der Waals surface area contributed by atoms with E-state index < -0.39 is 0 Å². The van der Waals surface area contributed by atoms with Crippen LogP contribution < -0.4 is 9.80 Å². The number of hydrogen-bond donors (Lipinski definition) is 0. The summed E-state index contributed by atoms with van der Waals surface area (Å²) in [6.07, 6.45) is 10.8. The Hall–Kier alpha value is -7.94. The Morgan fingerprint density at radius 2 is 0.636 bits per heavy atom. The van der Waals surface area contributed by atoms with Crippen molar-refractivity contribution in [2.24, 2.45) is 0 Å². The molecule has 10 aromatic carbocycles. The predicted octanol–water partition coefficient (Wildman–Crippen LogP) is 18.2. The average Bonchev–Trinajstić information content (AvgIpc) is 3.36. The van der Waals surface area contributed by atoms with Crippen LogP contribution in [0.15, 0.2) is 206 Å². The van der Waals surface area contributed by atoms with Gasteiger partial charge in [-0.2, -0.15) is 0 Å². The van der Waals surface area contributed by atoms with Crippen molar-refractivity contribution in [1.29, 1.82) is 0 Å². The van der Waals surface area contributed by atoms with Crippen molar-refractivity contribution in [1.82, 2.24) is 0 Å². The van der Waals surface area contributed by atoms with E-state index in [4.69, 9.17) is 0 Å². The van der Waals surface area contributed by atoms with Gasteiger partial charge in [0.25, 0.3) is 0 Å². The standard InChI is InChI=1S/C64H54N2/c1-5-51-19-11-13-45(3)63(51)65(61-39-33-53-15-7-9-17-55(53)43-61)59-35-27-47(28-36-59)21-23-49-25-31-58-42-50(26-32-57(58)41-49)24-22-48-29-37-60(38-30-48)66(64-46(4)14-12-20-52(64)6-2)62-40-34-54-16-8-10-18-56(54)44-62/h7-44H,5-6H2,1-4H3. The van der Waals surface area contributed by atoms with Gasteiger partial charge in [-0.05, 0) is 164 Å². The predicted molar refractivity (Wildman–Crippen MR) is 287 cm³/mol. The lowest BCUT2D eigenvalue weighted by Crippen LogP contribution is -2.13. The second kappa shape index (κ2) is 18.6. The van der Waals surface area contributed by atoms with Crippen molar-refractivity contribution >= 4 is 90.7 Å². The molecule has 2 heteroatoms. The van der Waals surface area contributed by atoms with Crippen LogP contribution in [-0.4, -0.2) is 0 Å². The molecule has 0 saturated heterocycles. The van der Waals surface area contributed by atoms with Gasteiger partial charge in [0.1, 0.15) is 0 Å². The van der Waals surface area contributed by atoms with Crippen LogP contribution in [0.4, 0.5) is 34.1 Å². The van der Waals surface area contributed by atoms with Gasteiger partial charge in [-0.15, -0.1) is 0 Å². The number of nitrogens with zero attached hydrogens (tertiary/aromatic N) is 2. The Kier molecular flexibility index (Phi) is 11.9. The fraction of sp³-hybridized carbons (Fsp3) is 0.0938. The van der Waals surface area contributed by atoms with E-state index in [-0.39, 0.29) is 0 Å². The summed E-state index contributed by atoms with van der Waals surface area (Å²) in [4.78, 5) is 4.85. The van der Waals surface area contributed by atoms with E-state index in [0.29, 0.717) is 0 Å². The molecule has 0 radical (unpaired) electrons. The van der Waals surface area contributed by atoms with Gasteiger partial charge in [0.05, 0.1) is 11.4 Å². The van der Waals surface area contributed by atoms with Gasteiger partial charge in [-0.3, -0.25) is 0 Å². The van der Waals surface area contributed by atoms with Crippen LogP contribution in [-0.2, 0) is 12.8 Å². The minimum atomic E-state index is 0.961. The highest BCUT2D eigenvalue weighted by atomic mass is 15.2. The molecule has 0 heterocycles. The number of fused-ring (bicyclic) bond motifs is 3. The van der Waals surface area contributed by atoms with Crippen LogP contribution >= 0.6 is 0 Å². The lowest BCUT2D eigenvalue weighted by atomic mass is 10.0. The maximum Gasteiger partial charge on any atom is 0.0522 e. The molecular weight excluding hydrogens is 797 g/mol. The number of aryl methyl sites for hydroxylation is 4. The van der Waals surface area contributed by atoms with Crippen molar-refractivity contribution in [2.75, 3.05) is 9.80 Å². The first-order chi connectivity index (χ1) is 32.4. The van der Waals surface area contributed by atoms with E-state index in [2.05, 4.69) is 268 Å². The minimum absolute atomic E-state index is 0.961. The van der Waals surface area contributed by atoms with Crippen LogP contribution in [0.1, 0.15) is 58.4 Å². The zero-order chi connectivity index (χ0) is 45.0. The normalized spacial score (nSPS) is 11.6. The molecule has 0 atom stereocenters. The second-order valence-electron chi connectivity index (χ2n) is 17.3. The third kappa shape index (κ3) is 8.66. The van der Waals surface area contributed by atoms with Gasteiger partial charge in [-0.1, -0.05) is 184 Å². The van der Waals surface area contributed by atoms with Crippen LogP contribution in [0.5, 0.6) is 0 Å². The molecule has 0 fully saturated rings. The molecule has 10 aromatic rings. The van der Waals surface area contributed by atoms with Crippen molar-refractivity contribution in [2.45, 2.75) is 40.5 Å². The maximum atomic E-state index is 2.42.